The van der Waals surface area contributed by atoms with Crippen molar-refractivity contribution in [2.24, 2.45) is 0 Å². The second-order valence-corrected chi connectivity index (χ2v) is 12.1. The Hall–Kier alpha value is -3.16. The molecule has 2 N–H and O–H groups in total. The Bertz CT molecular complexity index is 1440. The van der Waals surface area contributed by atoms with Gasteiger partial charge in [0.15, 0.2) is 16.1 Å². The molecule has 0 radical (unpaired) electrons. The van der Waals surface area contributed by atoms with Gasteiger partial charge in [-0.2, -0.15) is 0 Å². The van der Waals surface area contributed by atoms with Crippen LogP contribution < -0.4 is 10.0 Å². The number of thiazole rings is 1. The molecule has 10 nitrogen and oxygen atoms in total. The van der Waals surface area contributed by atoms with E-state index in [1.807, 2.05) is 10.6 Å². The quantitative estimate of drug-likeness (QED) is 0.302. The number of nitrogens with zero attached hydrogens (tertiary/aromatic N) is 4. The molecule has 13 heteroatoms. The van der Waals surface area contributed by atoms with Crippen molar-refractivity contribution < 1.29 is 17.6 Å². The molecule has 1 aliphatic rings. The first-order valence-corrected chi connectivity index (χ1v) is 15.0. The molecule has 36 heavy (non-hydrogen) atoms. The molecule has 0 unspecified atom stereocenters. The number of thioether (sulfide) groups is 1. The molecule has 1 aliphatic carbocycles. The number of fused-ring (bicyclic) bond motifs is 1. The van der Waals surface area contributed by atoms with E-state index in [0.29, 0.717) is 34.1 Å². The maximum atomic E-state index is 12.7. The van der Waals surface area contributed by atoms with E-state index >= 15 is 0 Å². The lowest BCUT2D eigenvalue weighted by atomic mass is 10.0. The van der Waals surface area contributed by atoms with Gasteiger partial charge in [-0.1, -0.05) is 11.8 Å². The van der Waals surface area contributed by atoms with E-state index in [1.54, 1.807) is 47.9 Å². The number of nitrogens with one attached hydrogen (secondary N) is 2. The summed E-state index contributed by atoms with van der Waals surface area (Å²) in [5.74, 6) is 1.29. The van der Waals surface area contributed by atoms with Crippen molar-refractivity contribution >= 4 is 49.8 Å². The minimum absolute atomic E-state index is 0.151. The molecule has 0 aliphatic heterocycles. The Morgan fingerprint density at radius 3 is 2.69 bits per heavy atom. The number of benzene rings is 1. The first kappa shape index (κ1) is 24.5. The maximum Gasteiger partial charge on any atom is 0.236 e. The van der Waals surface area contributed by atoms with E-state index in [0.717, 1.165) is 36.8 Å². The summed E-state index contributed by atoms with van der Waals surface area (Å²) in [6, 6.07) is 10.5. The zero-order chi connectivity index (χ0) is 25.1. The molecule has 4 aromatic rings. The van der Waals surface area contributed by atoms with Crippen LogP contribution in [0.1, 0.15) is 29.2 Å². The number of hydrogen-bond acceptors (Lipinski definition) is 9. The number of aromatic nitrogens is 4. The van der Waals surface area contributed by atoms with Gasteiger partial charge in [0.1, 0.15) is 5.76 Å². The monoisotopic (exact) mass is 544 g/mol. The highest BCUT2D eigenvalue weighted by Gasteiger charge is 2.19. The predicted octanol–water partition coefficient (Wildman–Crippen LogP) is 4.02. The maximum absolute atomic E-state index is 12.7. The molecule has 1 amide bonds. The van der Waals surface area contributed by atoms with Gasteiger partial charge in [-0.3, -0.25) is 14.1 Å². The summed E-state index contributed by atoms with van der Waals surface area (Å²) in [6.07, 6.45) is 7.01. The van der Waals surface area contributed by atoms with Crippen LogP contribution in [-0.4, -0.2) is 46.1 Å². The molecule has 0 spiro atoms. The number of anilines is 2. The molecule has 0 saturated heterocycles. The molecule has 0 saturated carbocycles. The van der Waals surface area contributed by atoms with Crippen LogP contribution in [0.15, 0.2) is 52.2 Å². The van der Waals surface area contributed by atoms with Gasteiger partial charge in [-0.05, 0) is 62.1 Å². The second-order valence-electron chi connectivity index (χ2n) is 8.36. The minimum Gasteiger partial charge on any atom is -0.467 e. The van der Waals surface area contributed by atoms with Crippen molar-refractivity contribution in [3.63, 3.8) is 0 Å². The average Bonchev–Trinajstić information content (AvgIpc) is 3.57. The van der Waals surface area contributed by atoms with Crippen LogP contribution in [0.3, 0.4) is 0 Å². The minimum atomic E-state index is -3.37. The molecule has 3 aromatic heterocycles. The summed E-state index contributed by atoms with van der Waals surface area (Å²) >= 11 is 2.83. The number of furan rings is 1. The van der Waals surface area contributed by atoms with Crippen LogP contribution in [-0.2, 0) is 34.2 Å². The first-order valence-electron chi connectivity index (χ1n) is 11.3. The van der Waals surface area contributed by atoms with Gasteiger partial charge in [0.05, 0.1) is 30.5 Å². The van der Waals surface area contributed by atoms with Crippen molar-refractivity contribution in [2.75, 3.05) is 22.0 Å². The van der Waals surface area contributed by atoms with E-state index in [2.05, 4.69) is 25.2 Å². The van der Waals surface area contributed by atoms with Crippen LogP contribution in [0.5, 0.6) is 0 Å². The van der Waals surface area contributed by atoms with Gasteiger partial charge in [0.25, 0.3) is 0 Å². The lowest BCUT2D eigenvalue weighted by Gasteiger charge is -2.10. The number of sulfonamides is 1. The number of carbonyl (C=O) groups excluding carboxylic acids is 1. The third-order valence-corrected chi connectivity index (χ3v) is 8.13. The SMILES string of the molecule is CS(=O)(=O)Nc1ccc(-c2nnc(SCC(=O)Nc3nc4c(s3)CCCC4)n2Cc2ccco2)cc1. The first-order chi connectivity index (χ1) is 17.3. The number of aryl methyl sites for hydroxylation is 2. The molecule has 0 bridgehead atoms. The van der Waals surface area contributed by atoms with Crippen LogP contribution in [0, 0.1) is 0 Å². The fraction of sp³-hybridized carbons (Fsp3) is 0.304. The fourth-order valence-electron chi connectivity index (χ4n) is 3.90. The lowest BCUT2D eigenvalue weighted by molar-refractivity contribution is -0.113. The summed E-state index contributed by atoms with van der Waals surface area (Å²) in [4.78, 5) is 18.5. The molecular weight excluding hydrogens is 520 g/mol. The van der Waals surface area contributed by atoms with Crippen LogP contribution in [0.4, 0.5) is 10.8 Å². The Morgan fingerprint density at radius 1 is 1.17 bits per heavy atom. The Kier molecular flexibility index (Phi) is 7.12. The van der Waals surface area contributed by atoms with E-state index in [4.69, 9.17) is 4.42 Å². The van der Waals surface area contributed by atoms with E-state index in [9.17, 15) is 13.2 Å². The molecular formula is C23H24N6O4S3. The van der Waals surface area contributed by atoms with Crippen LogP contribution >= 0.6 is 23.1 Å². The highest BCUT2D eigenvalue weighted by Crippen LogP contribution is 2.30. The summed E-state index contributed by atoms with van der Waals surface area (Å²) in [5, 5.41) is 12.8. The van der Waals surface area contributed by atoms with Gasteiger partial charge in [-0.25, -0.2) is 13.4 Å². The molecule has 5 rings (SSSR count). The van der Waals surface area contributed by atoms with Crippen molar-refractivity contribution in [3.05, 3.63) is 59.0 Å². The standard InChI is InChI=1S/C23H24N6O4S3/c1-36(31,32)28-16-10-8-15(9-11-16)21-26-27-23(29(21)13-17-5-4-12-33-17)34-14-20(30)25-22-24-18-6-2-3-7-19(18)35-22/h4-5,8-12,28H,2-3,6-7,13-14H2,1H3,(H,24,25,30). The lowest BCUT2D eigenvalue weighted by Crippen LogP contribution is -2.14. The Balaban J connectivity index is 1.32. The average molecular weight is 545 g/mol. The summed E-state index contributed by atoms with van der Waals surface area (Å²) in [5.41, 5.74) is 2.31. The Morgan fingerprint density at radius 2 is 1.97 bits per heavy atom. The third-order valence-electron chi connectivity index (χ3n) is 5.48. The zero-order valence-corrected chi connectivity index (χ0v) is 21.9. The van der Waals surface area contributed by atoms with Crippen molar-refractivity contribution in [3.8, 4) is 11.4 Å². The van der Waals surface area contributed by atoms with Gasteiger partial charge >= 0.3 is 0 Å². The van der Waals surface area contributed by atoms with Crippen LogP contribution in [0.2, 0.25) is 0 Å². The van der Waals surface area contributed by atoms with E-state index in [1.165, 1.54) is 23.1 Å². The number of amides is 1. The number of hydrogen-bond donors (Lipinski definition) is 2. The normalized spacial score (nSPS) is 13.4. The highest BCUT2D eigenvalue weighted by atomic mass is 32.2. The summed E-state index contributed by atoms with van der Waals surface area (Å²) < 4.78 is 32.8. The van der Waals surface area contributed by atoms with E-state index < -0.39 is 10.0 Å². The van der Waals surface area contributed by atoms with Gasteiger partial charge in [-0.15, -0.1) is 21.5 Å². The van der Waals surface area contributed by atoms with Gasteiger partial charge in [0.2, 0.25) is 15.9 Å². The van der Waals surface area contributed by atoms with Gasteiger partial charge in [0, 0.05) is 16.1 Å². The van der Waals surface area contributed by atoms with Crippen molar-refractivity contribution in [1.82, 2.24) is 19.7 Å². The summed E-state index contributed by atoms with van der Waals surface area (Å²) in [7, 11) is -3.37. The van der Waals surface area contributed by atoms with Crippen molar-refractivity contribution in [1.29, 1.82) is 0 Å². The predicted molar refractivity (Wildman–Crippen MR) is 140 cm³/mol. The zero-order valence-electron chi connectivity index (χ0n) is 19.4. The number of rotatable bonds is 9. The Labute approximate surface area is 216 Å². The smallest absolute Gasteiger partial charge is 0.236 e. The molecule has 3 heterocycles. The number of carbonyl (C=O) groups is 1. The summed E-state index contributed by atoms with van der Waals surface area (Å²) in [6.45, 7) is 0.377. The van der Waals surface area contributed by atoms with E-state index in [-0.39, 0.29) is 11.7 Å². The highest BCUT2D eigenvalue weighted by molar-refractivity contribution is 7.99. The van der Waals surface area contributed by atoms with Gasteiger partial charge < -0.3 is 9.73 Å². The second kappa shape index (κ2) is 10.4. The van der Waals surface area contributed by atoms with Crippen molar-refractivity contribution in [2.45, 2.75) is 37.4 Å². The van der Waals surface area contributed by atoms with Crippen LogP contribution in [0.25, 0.3) is 11.4 Å². The molecule has 188 valence electrons. The molecule has 0 atom stereocenters. The molecule has 0 fully saturated rings. The fourth-order valence-corrected chi connectivity index (χ4v) is 6.27. The third kappa shape index (κ3) is 5.97. The molecule has 1 aromatic carbocycles. The largest absolute Gasteiger partial charge is 0.467 e. The topological polar surface area (TPSA) is 132 Å².